The number of rotatable bonds is 2. The van der Waals surface area contributed by atoms with Crippen LogP contribution < -0.4 is 10.6 Å². The van der Waals surface area contributed by atoms with Crippen molar-refractivity contribution in [3.63, 3.8) is 0 Å². The molecule has 0 spiro atoms. The number of imide groups is 1. The van der Waals surface area contributed by atoms with E-state index < -0.39 is 29.1 Å². The molecule has 1 aliphatic heterocycles. The van der Waals surface area contributed by atoms with Gasteiger partial charge in [0.1, 0.15) is 17.9 Å². The van der Waals surface area contributed by atoms with Crippen LogP contribution in [0.5, 0.6) is 0 Å². The van der Waals surface area contributed by atoms with Gasteiger partial charge in [0.05, 0.1) is 11.3 Å². The number of hydrogen-bond acceptors (Lipinski definition) is 4. The molecule has 0 saturated carbocycles. The number of nitrogens with zero attached hydrogens (tertiary/aromatic N) is 1. The highest BCUT2D eigenvalue weighted by molar-refractivity contribution is 6.10. The molecule has 1 saturated heterocycles. The van der Waals surface area contributed by atoms with Crippen molar-refractivity contribution in [3.8, 4) is 0 Å². The van der Waals surface area contributed by atoms with Crippen molar-refractivity contribution in [2.75, 3.05) is 18.9 Å². The number of halogens is 1. The number of nitrogens with one attached hydrogen (secondary N) is 2. The highest BCUT2D eigenvalue weighted by Gasteiger charge is 2.44. The topological polar surface area (TPSA) is 78.5 Å². The molecule has 1 aliphatic rings. The summed E-state index contributed by atoms with van der Waals surface area (Å²) in [4.78, 5) is 37.2. The SMILES string of the molecule is CNc1c(F)cccc1C(=O)N1CC(=O)NC(=O)C1(C)C. The molecule has 0 aliphatic carbocycles. The Morgan fingerprint density at radius 2 is 2.05 bits per heavy atom. The van der Waals surface area contributed by atoms with Crippen molar-refractivity contribution in [3.05, 3.63) is 29.6 Å². The van der Waals surface area contributed by atoms with Crippen molar-refractivity contribution in [2.45, 2.75) is 19.4 Å². The third kappa shape index (κ3) is 2.46. The van der Waals surface area contributed by atoms with Crippen LogP contribution in [-0.2, 0) is 9.59 Å². The van der Waals surface area contributed by atoms with Crippen LogP contribution in [-0.4, -0.2) is 41.8 Å². The molecule has 2 rings (SSSR count). The van der Waals surface area contributed by atoms with Crippen LogP contribution in [0.3, 0.4) is 0 Å². The van der Waals surface area contributed by atoms with Crippen LogP contribution in [0.2, 0.25) is 0 Å². The van der Waals surface area contributed by atoms with Crippen LogP contribution in [0.15, 0.2) is 18.2 Å². The van der Waals surface area contributed by atoms with Gasteiger partial charge in [0.15, 0.2) is 0 Å². The van der Waals surface area contributed by atoms with Crippen molar-refractivity contribution in [1.29, 1.82) is 0 Å². The van der Waals surface area contributed by atoms with E-state index in [4.69, 9.17) is 0 Å². The molecule has 1 fully saturated rings. The Labute approximate surface area is 121 Å². The first kappa shape index (κ1) is 15.0. The zero-order valence-electron chi connectivity index (χ0n) is 12.0. The summed E-state index contributed by atoms with van der Waals surface area (Å²) in [5, 5.41) is 4.81. The fraction of sp³-hybridized carbons (Fsp3) is 0.357. The van der Waals surface area contributed by atoms with E-state index in [0.717, 1.165) is 4.90 Å². The van der Waals surface area contributed by atoms with Gasteiger partial charge in [0.25, 0.3) is 11.8 Å². The van der Waals surface area contributed by atoms with Gasteiger partial charge in [-0.25, -0.2) is 4.39 Å². The second kappa shape index (κ2) is 5.16. The molecule has 0 radical (unpaired) electrons. The molecule has 112 valence electrons. The molecule has 1 aromatic rings. The monoisotopic (exact) mass is 293 g/mol. The maximum absolute atomic E-state index is 13.7. The second-order valence-corrected chi connectivity index (χ2v) is 5.24. The molecular formula is C14H16FN3O3. The number of carbonyl (C=O) groups excluding carboxylic acids is 3. The van der Waals surface area contributed by atoms with Gasteiger partial charge in [0, 0.05) is 7.05 Å². The van der Waals surface area contributed by atoms with Gasteiger partial charge in [-0.15, -0.1) is 0 Å². The molecule has 21 heavy (non-hydrogen) atoms. The van der Waals surface area contributed by atoms with E-state index in [-0.39, 0.29) is 17.8 Å². The predicted octanol–water partition coefficient (Wildman–Crippen LogP) is 0.745. The first-order chi connectivity index (χ1) is 9.78. The van der Waals surface area contributed by atoms with Crippen molar-refractivity contribution >= 4 is 23.4 Å². The molecule has 0 aromatic heterocycles. The van der Waals surface area contributed by atoms with E-state index in [1.165, 1.54) is 39.1 Å². The molecule has 0 bridgehead atoms. The lowest BCUT2D eigenvalue weighted by molar-refractivity contribution is -0.143. The average molecular weight is 293 g/mol. The van der Waals surface area contributed by atoms with Crippen LogP contribution >= 0.6 is 0 Å². The Bertz CT molecular complexity index is 628. The fourth-order valence-electron chi connectivity index (χ4n) is 2.21. The first-order valence-electron chi connectivity index (χ1n) is 6.41. The number of piperazine rings is 1. The molecule has 3 amide bonds. The Balaban J connectivity index is 2.46. The van der Waals surface area contributed by atoms with E-state index in [2.05, 4.69) is 10.6 Å². The van der Waals surface area contributed by atoms with E-state index >= 15 is 0 Å². The van der Waals surface area contributed by atoms with Crippen LogP contribution in [0.1, 0.15) is 24.2 Å². The van der Waals surface area contributed by atoms with Gasteiger partial charge in [-0.3, -0.25) is 19.7 Å². The average Bonchev–Trinajstić information content (AvgIpc) is 2.42. The smallest absolute Gasteiger partial charge is 0.257 e. The Hall–Kier alpha value is -2.44. The third-order valence-corrected chi connectivity index (χ3v) is 3.52. The minimum absolute atomic E-state index is 0.0386. The summed E-state index contributed by atoms with van der Waals surface area (Å²) in [6.07, 6.45) is 0. The summed E-state index contributed by atoms with van der Waals surface area (Å²) in [5.74, 6) is -2.27. The maximum atomic E-state index is 13.7. The number of hydrogen-bond donors (Lipinski definition) is 2. The lowest BCUT2D eigenvalue weighted by atomic mass is 9.97. The van der Waals surface area contributed by atoms with Crippen molar-refractivity contribution in [1.82, 2.24) is 10.2 Å². The summed E-state index contributed by atoms with van der Waals surface area (Å²) in [6, 6.07) is 4.08. The second-order valence-electron chi connectivity index (χ2n) is 5.24. The van der Waals surface area contributed by atoms with Crippen LogP contribution in [0.4, 0.5) is 10.1 Å². The van der Waals surface area contributed by atoms with Crippen LogP contribution in [0, 0.1) is 5.82 Å². The minimum Gasteiger partial charge on any atom is -0.385 e. The zero-order chi connectivity index (χ0) is 15.8. The summed E-state index contributed by atoms with van der Waals surface area (Å²) in [7, 11) is 1.49. The van der Waals surface area contributed by atoms with E-state index in [1.54, 1.807) is 0 Å². The molecule has 2 N–H and O–H groups in total. The normalized spacial score (nSPS) is 17.4. The minimum atomic E-state index is -1.19. The molecule has 1 heterocycles. The Kier molecular flexibility index (Phi) is 3.67. The lowest BCUT2D eigenvalue weighted by Crippen LogP contribution is -2.65. The van der Waals surface area contributed by atoms with E-state index in [1.807, 2.05) is 0 Å². The van der Waals surface area contributed by atoms with E-state index in [9.17, 15) is 18.8 Å². The quantitative estimate of drug-likeness (QED) is 0.789. The van der Waals surface area contributed by atoms with Crippen molar-refractivity contribution in [2.24, 2.45) is 0 Å². The standard InChI is InChI=1S/C14H16FN3O3/c1-14(2)13(21)17-10(19)7-18(14)12(20)8-5-4-6-9(15)11(8)16-3/h4-6,16H,7H2,1-3H3,(H,17,19,21). The first-order valence-corrected chi connectivity index (χ1v) is 6.41. The highest BCUT2D eigenvalue weighted by atomic mass is 19.1. The Morgan fingerprint density at radius 1 is 1.38 bits per heavy atom. The molecule has 0 atom stereocenters. The molecule has 7 heteroatoms. The number of para-hydroxylation sites is 1. The third-order valence-electron chi connectivity index (χ3n) is 3.52. The van der Waals surface area contributed by atoms with Crippen molar-refractivity contribution < 1.29 is 18.8 Å². The Morgan fingerprint density at radius 3 is 2.67 bits per heavy atom. The molecule has 6 nitrogen and oxygen atoms in total. The molecule has 1 aromatic carbocycles. The van der Waals surface area contributed by atoms with Gasteiger partial charge in [-0.1, -0.05) is 6.07 Å². The largest absolute Gasteiger partial charge is 0.385 e. The van der Waals surface area contributed by atoms with Crippen LogP contribution in [0.25, 0.3) is 0 Å². The van der Waals surface area contributed by atoms with Gasteiger partial charge < -0.3 is 10.2 Å². The molecular weight excluding hydrogens is 277 g/mol. The summed E-state index contributed by atoms with van der Waals surface area (Å²) < 4.78 is 13.7. The van der Waals surface area contributed by atoms with Gasteiger partial charge in [-0.2, -0.15) is 0 Å². The highest BCUT2D eigenvalue weighted by Crippen LogP contribution is 2.26. The number of amides is 3. The molecule has 0 unspecified atom stereocenters. The lowest BCUT2D eigenvalue weighted by Gasteiger charge is -2.40. The number of anilines is 1. The summed E-state index contributed by atoms with van der Waals surface area (Å²) >= 11 is 0. The maximum Gasteiger partial charge on any atom is 0.257 e. The number of benzene rings is 1. The van der Waals surface area contributed by atoms with Gasteiger partial charge in [-0.05, 0) is 26.0 Å². The zero-order valence-corrected chi connectivity index (χ0v) is 12.0. The summed E-state index contributed by atoms with van der Waals surface area (Å²) in [6.45, 7) is 2.81. The van der Waals surface area contributed by atoms with E-state index in [0.29, 0.717) is 0 Å². The summed E-state index contributed by atoms with van der Waals surface area (Å²) in [5.41, 5.74) is -1.08. The van der Waals surface area contributed by atoms with Gasteiger partial charge >= 0.3 is 0 Å². The predicted molar refractivity (Wildman–Crippen MR) is 74.2 cm³/mol. The van der Waals surface area contributed by atoms with Gasteiger partial charge in [0.2, 0.25) is 5.91 Å². The fourth-order valence-corrected chi connectivity index (χ4v) is 2.21. The number of carbonyl (C=O) groups is 3.